The van der Waals surface area contributed by atoms with Crippen LogP contribution in [0.2, 0.25) is 5.02 Å². The van der Waals surface area contributed by atoms with Crippen molar-refractivity contribution in [2.75, 3.05) is 36.9 Å². The first-order valence-corrected chi connectivity index (χ1v) is 10.9. The maximum Gasteiger partial charge on any atom is 0.321 e. The molecule has 0 aliphatic carbocycles. The van der Waals surface area contributed by atoms with Gasteiger partial charge < -0.3 is 15.1 Å². The molecule has 1 fully saturated rings. The number of nitrogens with zero attached hydrogens (tertiary/aromatic N) is 4. The van der Waals surface area contributed by atoms with Gasteiger partial charge in [0, 0.05) is 31.2 Å². The Morgan fingerprint density at radius 3 is 2.93 bits per heavy atom. The highest BCUT2D eigenvalue weighted by Gasteiger charge is 2.23. The number of hydrogen-bond acceptors (Lipinski definition) is 6. The molecule has 0 unspecified atom stereocenters. The van der Waals surface area contributed by atoms with Gasteiger partial charge in [-0.25, -0.2) is 19.2 Å². The molecule has 2 N–H and O–H groups in total. The molecule has 1 aliphatic heterocycles. The van der Waals surface area contributed by atoms with Crippen molar-refractivity contribution >= 4 is 56.0 Å². The third-order valence-corrected chi connectivity index (χ3v) is 6.25. The second kappa shape index (κ2) is 8.71. The summed E-state index contributed by atoms with van der Waals surface area (Å²) < 4.78 is 14.2. The molecule has 3 aromatic rings. The molecule has 2 amide bonds. The van der Waals surface area contributed by atoms with Gasteiger partial charge in [0.2, 0.25) is 0 Å². The first-order chi connectivity index (χ1) is 14.4. The molecular weight excluding hydrogens is 427 g/mol. The Morgan fingerprint density at radius 2 is 2.20 bits per heavy atom. The van der Waals surface area contributed by atoms with Crippen LogP contribution in [0.5, 0.6) is 0 Å². The van der Waals surface area contributed by atoms with Gasteiger partial charge in [0.25, 0.3) is 0 Å². The Labute approximate surface area is 182 Å². The van der Waals surface area contributed by atoms with Crippen LogP contribution in [0.1, 0.15) is 13.3 Å². The van der Waals surface area contributed by atoms with Crippen molar-refractivity contribution in [3.63, 3.8) is 0 Å². The normalized spacial score (nSPS) is 16.7. The van der Waals surface area contributed by atoms with Gasteiger partial charge in [0.1, 0.15) is 22.0 Å². The predicted octanol–water partition coefficient (Wildman–Crippen LogP) is 4.47. The Hall–Kier alpha value is -2.49. The molecule has 10 heteroatoms. The highest BCUT2D eigenvalue weighted by atomic mass is 35.5. The third-order valence-electron chi connectivity index (χ3n) is 5.13. The SMILES string of the molecule is CCN1CC[C@H](NC(=O)Nc2nc3ccc(N(C)c4ccc(Cl)cc4F)nc3s2)C1. The average molecular weight is 449 g/mol. The summed E-state index contributed by atoms with van der Waals surface area (Å²) in [7, 11) is 1.73. The second-order valence-corrected chi connectivity index (χ2v) is 8.56. The number of pyridine rings is 1. The number of likely N-dealkylation sites (N-methyl/N-ethyl adjacent to an activating group) is 1. The molecule has 7 nitrogen and oxygen atoms in total. The molecule has 1 atom stereocenters. The minimum absolute atomic E-state index is 0.145. The number of nitrogens with one attached hydrogen (secondary N) is 2. The van der Waals surface area contributed by atoms with Crippen LogP contribution in [0.25, 0.3) is 10.3 Å². The molecule has 158 valence electrons. The summed E-state index contributed by atoms with van der Waals surface area (Å²) in [5.74, 6) is 0.137. The lowest BCUT2D eigenvalue weighted by molar-refractivity contribution is 0.248. The zero-order valence-corrected chi connectivity index (χ0v) is 18.2. The van der Waals surface area contributed by atoms with Crippen LogP contribution in [-0.4, -0.2) is 53.6 Å². The van der Waals surface area contributed by atoms with Crippen LogP contribution >= 0.6 is 22.9 Å². The van der Waals surface area contributed by atoms with Gasteiger partial charge in [0.15, 0.2) is 5.13 Å². The highest BCUT2D eigenvalue weighted by Crippen LogP contribution is 2.31. The molecular formula is C20H22ClFN6OS. The van der Waals surface area contributed by atoms with E-state index in [0.717, 1.165) is 26.1 Å². The lowest BCUT2D eigenvalue weighted by Crippen LogP contribution is -2.39. The Balaban J connectivity index is 1.46. The molecule has 2 aromatic heterocycles. The highest BCUT2D eigenvalue weighted by molar-refractivity contribution is 7.22. The average Bonchev–Trinajstić information content (AvgIpc) is 3.32. The molecule has 0 saturated carbocycles. The summed E-state index contributed by atoms with van der Waals surface area (Å²) in [6.45, 7) is 4.96. The Morgan fingerprint density at radius 1 is 1.37 bits per heavy atom. The van der Waals surface area contributed by atoms with Crippen LogP contribution in [0.3, 0.4) is 0 Å². The first kappa shape index (κ1) is 20.8. The summed E-state index contributed by atoms with van der Waals surface area (Å²) in [6.07, 6.45) is 0.944. The van der Waals surface area contributed by atoms with E-state index >= 15 is 0 Å². The fourth-order valence-electron chi connectivity index (χ4n) is 3.48. The molecule has 1 aromatic carbocycles. The molecule has 0 spiro atoms. The molecule has 1 aliphatic rings. The number of rotatable bonds is 5. The van der Waals surface area contributed by atoms with Crippen molar-refractivity contribution in [3.8, 4) is 0 Å². The molecule has 0 bridgehead atoms. The minimum atomic E-state index is -0.427. The van der Waals surface area contributed by atoms with E-state index in [-0.39, 0.29) is 12.1 Å². The van der Waals surface area contributed by atoms with E-state index < -0.39 is 5.82 Å². The lowest BCUT2D eigenvalue weighted by Gasteiger charge is -2.18. The largest absolute Gasteiger partial charge is 0.334 e. The van der Waals surface area contributed by atoms with Crippen molar-refractivity contribution < 1.29 is 9.18 Å². The van der Waals surface area contributed by atoms with Crippen LogP contribution in [0.15, 0.2) is 30.3 Å². The van der Waals surface area contributed by atoms with E-state index in [0.29, 0.717) is 32.0 Å². The van der Waals surface area contributed by atoms with Gasteiger partial charge in [-0.3, -0.25) is 5.32 Å². The van der Waals surface area contributed by atoms with Crippen LogP contribution in [-0.2, 0) is 0 Å². The van der Waals surface area contributed by atoms with E-state index in [1.165, 1.54) is 17.4 Å². The number of halogens is 2. The zero-order chi connectivity index (χ0) is 21.3. The van der Waals surface area contributed by atoms with Crippen molar-refractivity contribution in [1.82, 2.24) is 20.2 Å². The van der Waals surface area contributed by atoms with Crippen molar-refractivity contribution in [1.29, 1.82) is 0 Å². The van der Waals surface area contributed by atoms with Crippen molar-refractivity contribution in [3.05, 3.63) is 41.2 Å². The fraction of sp³-hybridized carbons (Fsp3) is 0.350. The van der Waals surface area contributed by atoms with E-state index in [1.807, 2.05) is 0 Å². The minimum Gasteiger partial charge on any atom is -0.334 e. The van der Waals surface area contributed by atoms with Gasteiger partial charge >= 0.3 is 6.03 Å². The Bertz CT molecular complexity index is 1080. The number of amides is 2. The number of urea groups is 1. The van der Waals surface area contributed by atoms with E-state index in [1.54, 1.807) is 36.2 Å². The number of benzene rings is 1. The third kappa shape index (κ3) is 4.48. The monoisotopic (exact) mass is 448 g/mol. The van der Waals surface area contributed by atoms with Crippen molar-refractivity contribution in [2.24, 2.45) is 0 Å². The van der Waals surface area contributed by atoms with Gasteiger partial charge in [0.05, 0.1) is 5.69 Å². The van der Waals surface area contributed by atoms with Gasteiger partial charge in [-0.1, -0.05) is 29.9 Å². The second-order valence-electron chi connectivity index (χ2n) is 7.14. The molecule has 0 radical (unpaired) electrons. The first-order valence-electron chi connectivity index (χ1n) is 9.69. The number of thiazole rings is 1. The summed E-state index contributed by atoms with van der Waals surface area (Å²) in [5.41, 5.74) is 1.04. The summed E-state index contributed by atoms with van der Waals surface area (Å²) in [4.78, 5) is 25.9. The van der Waals surface area contributed by atoms with E-state index in [9.17, 15) is 9.18 Å². The van der Waals surface area contributed by atoms with Gasteiger partial charge in [-0.05, 0) is 43.3 Å². The van der Waals surface area contributed by atoms with Crippen LogP contribution < -0.4 is 15.5 Å². The quantitative estimate of drug-likeness (QED) is 0.602. The number of carbonyl (C=O) groups excluding carboxylic acids is 1. The Kier molecular flexibility index (Phi) is 6.03. The number of carbonyl (C=O) groups is 1. The fourth-order valence-corrected chi connectivity index (χ4v) is 4.47. The molecule has 4 rings (SSSR count). The van der Waals surface area contributed by atoms with Gasteiger partial charge in [-0.2, -0.15) is 0 Å². The molecule has 1 saturated heterocycles. The van der Waals surface area contributed by atoms with Gasteiger partial charge in [-0.15, -0.1) is 0 Å². The number of likely N-dealkylation sites (tertiary alicyclic amines) is 1. The summed E-state index contributed by atoms with van der Waals surface area (Å²) in [5, 5.41) is 6.60. The topological polar surface area (TPSA) is 73.4 Å². The maximum atomic E-state index is 14.2. The predicted molar refractivity (Wildman–Crippen MR) is 120 cm³/mol. The van der Waals surface area contributed by atoms with E-state index in [2.05, 4.69) is 32.4 Å². The number of fused-ring (bicyclic) bond motifs is 1. The number of aromatic nitrogens is 2. The molecule has 3 heterocycles. The molecule has 30 heavy (non-hydrogen) atoms. The van der Waals surface area contributed by atoms with Crippen LogP contribution in [0, 0.1) is 5.82 Å². The van der Waals surface area contributed by atoms with E-state index in [4.69, 9.17) is 11.6 Å². The number of hydrogen-bond donors (Lipinski definition) is 2. The van der Waals surface area contributed by atoms with Crippen molar-refractivity contribution in [2.45, 2.75) is 19.4 Å². The summed E-state index contributed by atoms with van der Waals surface area (Å²) in [6, 6.07) is 7.95. The zero-order valence-electron chi connectivity index (χ0n) is 16.7. The summed E-state index contributed by atoms with van der Waals surface area (Å²) >= 11 is 7.11. The number of anilines is 3. The smallest absolute Gasteiger partial charge is 0.321 e. The lowest BCUT2D eigenvalue weighted by atomic mass is 10.2. The maximum absolute atomic E-state index is 14.2. The van der Waals surface area contributed by atoms with Crippen LogP contribution in [0.4, 0.5) is 25.8 Å². The standard InChI is InChI=1S/C20H22ClFN6OS/c1-3-28-9-8-13(11-28)23-19(29)26-20-24-15-5-7-17(25-18(15)30-20)27(2)16-6-4-12(21)10-14(16)22/h4-7,10,13H,3,8-9,11H2,1-2H3,(H2,23,24,26,29)/t13-/m0/s1.